The van der Waals surface area contributed by atoms with Crippen LogP contribution in [0.1, 0.15) is 31.5 Å². The van der Waals surface area contributed by atoms with Gasteiger partial charge < -0.3 is 15.0 Å². The number of aromatic nitrogens is 1. The van der Waals surface area contributed by atoms with Crippen LogP contribution in [0, 0.1) is 0 Å². The Morgan fingerprint density at radius 3 is 2.80 bits per heavy atom. The van der Waals surface area contributed by atoms with Gasteiger partial charge in [0.1, 0.15) is 4.90 Å². The van der Waals surface area contributed by atoms with E-state index in [2.05, 4.69) is 0 Å². The molecule has 1 unspecified atom stereocenters. The number of hydrogen-bond acceptors (Lipinski definition) is 4. The summed E-state index contributed by atoms with van der Waals surface area (Å²) in [6.07, 6.45) is 3.96. The molecule has 112 valence electrons. The molecular weight excluding hydrogens is 278 g/mol. The van der Waals surface area contributed by atoms with Crippen LogP contribution in [-0.4, -0.2) is 43.1 Å². The molecule has 6 nitrogen and oxygen atoms in total. The maximum absolute atomic E-state index is 12.7. The lowest BCUT2D eigenvalue weighted by molar-refractivity contribution is 0.0393. The van der Waals surface area contributed by atoms with E-state index in [0.29, 0.717) is 37.2 Å². The number of nitrogens with two attached hydrogens (primary N) is 1. The standard InChI is InChI=1S/C13H21N3O3S/c1-10-9-19-5-4-16(10)20(17,18)13-6-12(7-14)15(8-13)11-2-3-11/h6,8,10-11H,2-5,7,9,14H2,1H3. The minimum atomic E-state index is -3.45. The van der Waals surface area contributed by atoms with E-state index in [1.807, 2.05) is 11.5 Å². The number of hydrogen-bond donors (Lipinski definition) is 1. The van der Waals surface area contributed by atoms with Gasteiger partial charge >= 0.3 is 0 Å². The molecule has 1 aliphatic heterocycles. The van der Waals surface area contributed by atoms with Crippen LogP contribution in [0.25, 0.3) is 0 Å². The fourth-order valence-electron chi connectivity index (χ4n) is 2.70. The van der Waals surface area contributed by atoms with E-state index in [4.69, 9.17) is 10.5 Å². The van der Waals surface area contributed by atoms with Crippen molar-refractivity contribution in [3.8, 4) is 0 Å². The molecule has 1 aromatic rings. The summed E-state index contributed by atoms with van der Waals surface area (Å²) in [7, 11) is -3.45. The van der Waals surface area contributed by atoms with Crippen LogP contribution >= 0.6 is 0 Å². The Hall–Kier alpha value is -0.890. The van der Waals surface area contributed by atoms with Crippen LogP contribution in [0.2, 0.25) is 0 Å². The number of rotatable bonds is 4. The Bertz CT molecular complexity index is 592. The van der Waals surface area contributed by atoms with E-state index >= 15 is 0 Å². The van der Waals surface area contributed by atoms with Gasteiger partial charge in [-0.1, -0.05) is 0 Å². The lowest BCUT2D eigenvalue weighted by atomic mass is 10.3. The second-order valence-corrected chi connectivity index (χ2v) is 7.44. The van der Waals surface area contributed by atoms with Gasteiger partial charge in [-0.25, -0.2) is 8.42 Å². The van der Waals surface area contributed by atoms with Crippen molar-refractivity contribution < 1.29 is 13.2 Å². The molecule has 20 heavy (non-hydrogen) atoms. The summed E-state index contributed by atoms with van der Waals surface area (Å²) in [6.45, 7) is 3.56. The molecule has 7 heteroatoms. The summed E-state index contributed by atoms with van der Waals surface area (Å²) in [4.78, 5) is 0.360. The fourth-order valence-corrected chi connectivity index (χ4v) is 4.35. The summed E-state index contributed by atoms with van der Waals surface area (Å²) in [6, 6.07) is 2.02. The lowest BCUT2D eigenvalue weighted by Crippen LogP contribution is -2.46. The van der Waals surface area contributed by atoms with Crippen LogP contribution in [0.3, 0.4) is 0 Å². The van der Waals surface area contributed by atoms with Crippen LogP contribution in [0.15, 0.2) is 17.2 Å². The van der Waals surface area contributed by atoms with Crippen molar-refractivity contribution in [1.29, 1.82) is 0 Å². The third-order valence-electron chi connectivity index (χ3n) is 3.97. The SMILES string of the molecule is CC1COCCN1S(=O)(=O)c1cc(CN)n(C2CC2)c1. The van der Waals surface area contributed by atoms with E-state index in [1.165, 1.54) is 4.31 Å². The summed E-state index contributed by atoms with van der Waals surface area (Å²) < 4.78 is 34.3. The molecule has 0 spiro atoms. The van der Waals surface area contributed by atoms with Gasteiger partial charge in [0.05, 0.1) is 13.2 Å². The largest absolute Gasteiger partial charge is 0.378 e. The maximum Gasteiger partial charge on any atom is 0.244 e. The maximum atomic E-state index is 12.7. The van der Waals surface area contributed by atoms with Gasteiger partial charge in [-0.05, 0) is 25.8 Å². The zero-order valence-corrected chi connectivity index (χ0v) is 12.5. The zero-order valence-electron chi connectivity index (χ0n) is 11.7. The molecule has 1 aromatic heterocycles. The van der Waals surface area contributed by atoms with Crippen molar-refractivity contribution >= 4 is 10.0 Å². The van der Waals surface area contributed by atoms with E-state index in [0.717, 1.165) is 18.5 Å². The van der Waals surface area contributed by atoms with Gasteiger partial charge in [0.2, 0.25) is 10.0 Å². The molecule has 0 radical (unpaired) electrons. The molecule has 3 rings (SSSR count). The first-order chi connectivity index (χ1) is 9.54. The predicted octanol–water partition coefficient (Wildman–Crippen LogP) is 0.691. The highest BCUT2D eigenvalue weighted by molar-refractivity contribution is 7.89. The van der Waals surface area contributed by atoms with Crippen LogP contribution < -0.4 is 5.73 Å². The molecule has 2 aliphatic rings. The Labute approximate surface area is 119 Å². The van der Waals surface area contributed by atoms with Crippen molar-refractivity contribution in [2.75, 3.05) is 19.8 Å². The molecular formula is C13H21N3O3S. The Morgan fingerprint density at radius 1 is 1.45 bits per heavy atom. The first-order valence-electron chi connectivity index (χ1n) is 7.04. The number of nitrogens with zero attached hydrogens (tertiary/aromatic N) is 2. The Morgan fingerprint density at radius 2 is 2.20 bits per heavy atom. The highest BCUT2D eigenvalue weighted by Crippen LogP contribution is 2.37. The average Bonchev–Trinajstić information content (AvgIpc) is 3.17. The molecule has 0 aromatic carbocycles. The second kappa shape index (κ2) is 5.14. The van der Waals surface area contributed by atoms with Gasteiger partial charge in [0, 0.05) is 37.1 Å². The molecule has 2 fully saturated rings. The molecule has 0 amide bonds. The normalized spacial score (nSPS) is 25.0. The zero-order chi connectivity index (χ0) is 14.3. The molecule has 1 saturated heterocycles. The van der Waals surface area contributed by atoms with E-state index in [9.17, 15) is 8.42 Å². The summed E-state index contributed by atoms with van der Waals surface area (Å²) in [5.74, 6) is 0. The lowest BCUT2D eigenvalue weighted by Gasteiger charge is -2.31. The Kier molecular flexibility index (Phi) is 3.62. The van der Waals surface area contributed by atoms with Gasteiger partial charge in [-0.15, -0.1) is 0 Å². The third-order valence-corrected chi connectivity index (χ3v) is 5.95. The smallest absolute Gasteiger partial charge is 0.244 e. The summed E-state index contributed by atoms with van der Waals surface area (Å²) in [5, 5.41) is 0. The van der Waals surface area contributed by atoms with Crippen molar-refractivity contribution in [2.24, 2.45) is 5.73 Å². The van der Waals surface area contributed by atoms with Crippen molar-refractivity contribution in [3.63, 3.8) is 0 Å². The molecule has 1 saturated carbocycles. The summed E-state index contributed by atoms with van der Waals surface area (Å²) >= 11 is 0. The molecule has 1 atom stereocenters. The quantitative estimate of drug-likeness (QED) is 0.887. The van der Waals surface area contributed by atoms with Gasteiger partial charge in [0.25, 0.3) is 0 Å². The average molecular weight is 299 g/mol. The minimum Gasteiger partial charge on any atom is -0.378 e. The van der Waals surface area contributed by atoms with Gasteiger partial charge in [-0.3, -0.25) is 0 Å². The first kappa shape index (κ1) is 14.1. The molecule has 2 N–H and O–H groups in total. The van der Waals surface area contributed by atoms with E-state index in [-0.39, 0.29) is 6.04 Å². The first-order valence-corrected chi connectivity index (χ1v) is 8.48. The van der Waals surface area contributed by atoms with Crippen LogP contribution in [-0.2, 0) is 21.3 Å². The van der Waals surface area contributed by atoms with E-state index < -0.39 is 10.0 Å². The summed E-state index contributed by atoms with van der Waals surface area (Å²) in [5.41, 5.74) is 6.62. The highest BCUT2D eigenvalue weighted by atomic mass is 32.2. The number of sulfonamides is 1. The van der Waals surface area contributed by atoms with Crippen molar-refractivity contribution in [3.05, 3.63) is 18.0 Å². The highest BCUT2D eigenvalue weighted by Gasteiger charge is 2.34. The molecule has 0 bridgehead atoms. The van der Waals surface area contributed by atoms with Crippen LogP contribution in [0.4, 0.5) is 0 Å². The Balaban J connectivity index is 1.94. The monoisotopic (exact) mass is 299 g/mol. The molecule has 1 aliphatic carbocycles. The number of morpholine rings is 1. The molecule has 2 heterocycles. The van der Waals surface area contributed by atoms with Gasteiger partial charge in [0.15, 0.2) is 0 Å². The second-order valence-electron chi connectivity index (χ2n) is 5.55. The van der Waals surface area contributed by atoms with E-state index in [1.54, 1.807) is 12.3 Å². The topological polar surface area (TPSA) is 77.6 Å². The van der Waals surface area contributed by atoms with Gasteiger partial charge in [-0.2, -0.15) is 4.31 Å². The van der Waals surface area contributed by atoms with Crippen molar-refractivity contribution in [1.82, 2.24) is 8.87 Å². The fraction of sp³-hybridized carbons (Fsp3) is 0.692. The van der Waals surface area contributed by atoms with Crippen molar-refractivity contribution in [2.45, 2.75) is 43.3 Å². The number of ether oxygens (including phenoxy) is 1. The minimum absolute atomic E-state index is 0.126. The predicted molar refractivity (Wildman–Crippen MR) is 74.8 cm³/mol. The van der Waals surface area contributed by atoms with Crippen LogP contribution in [0.5, 0.6) is 0 Å². The third kappa shape index (κ3) is 2.39.